The van der Waals surface area contributed by atoms with Gasteiger partial charge in [0.05, 0.1) is 6.54 Å². The molecule has 1 aliphatic rings. The molecule has 0 aliphatic carbocycles. The van der Waals surface area contributed by atoms with Gasteiger partial charge in [0.1, 0.15) is 0 Å². The highest BCUT2D eigenvalue weighted by atomic mass is 16.2. The summed E-state index contributed by atoms with van der Waals surface area (Å²) in [6.07, 6.45) is 0.803. The maximum absolute atomic E-state index is 12.9. The van der Waals surface area contributed by atoms with E-state index in [4.69, 9.17) is 5.73 Å². The Morgan fingerprint density at radius 3 is 2.59 bits per heavy atom. The summed E-state index contributed by atoms with van der Waals surface area (Å²) in [6, 6.07) is 16.0. The van der Waals surface area contributed by atoms with Crippen LogP contribution in [0, 0.1) is 11.8 Å². The molecule has 3 rings (SSSR count). The van der Waals surface area contributed by atoms with Crippen LogP contribution in [0.1, 0.15) is 25.0 Å². The topological polar surface area (TPSA) is 46.3 Å². The fourth-order valence-corrected chi connectivity index (χ4v) is 3.10. The molecular weight excluding hydrogens is 272 g/mol. The van der Waals surface area contributed by atoms with Gasteiger partial charge in [-0.25, -0.2) is 0 Å². The van der Waals surface area contributed by atoms with Crippen molar-refractivity contribution in [1.82, 2.24) is 0 Å². The predicted octanol–water partition coefficient (Wildman–Crippen LogP) is 3.63. The molecule has 22 heavy (non-hydrogen) atoms. The third kappa shape index (κ3) is 2.71. The maximum Gasteiger partial charge on any atom is 0.231 e. The lowest BCUT2D eigenvalue weighted by Gasteiger charge is -2.36. The number of rotatable bonds is 3. The van der Waals surface area contributed by atoms with E-state index in [1.807, 2.05) is 35.2 Å². The van der Waals surface area contributed by atoms with E-state index in [2.05, 4.69) is 32.0 Å². The van der Waals surface area contributed by atoms with Gasteiger partial charge >= 0.3 is 0 Å². The van der Waals surface area contributed by atoms with Crippen molar-refractivity contribution in [3.8, 4) is 0 Å². The van der Waals surface area contributed by atoms with Crippen LogP contribution in [0.5, 0.6) is 0 Å². The first kappa shape index (κ1) is 14.6. The first-order valence-electron chi connectivity index (χ1n) is 7.80. The zero-order chi connectivity index (χ0) is 15.7. The Labute approximate surface area is 131 Å². The van der Waals surface area contributed by atoms with Crippen LogP contribution in [0.3, 0.4) is 0 Å². The molecule has 1 amide bonds. The number of carbonyl (C=O) groups excluding carboxylic acids is 1. The molecule has 1 unspecified atom stereocenters. The van der Waals surface area contributed by atoms with Crippen molar-refractivity contribution in [3.05, 3.63) is 59.7 Å². The normalized spacial score (nSPS) is 17.7. The summed E-state index contributed by atoms with van der Waals surface area (Å²) < 4.78 is 0. The fraction of sp³-hybridized carbons (Fsp3) is 0.316. The Morgan fingerprint density at radius 2 is 1.91 bits per heavy atom. The molecule has 0 bridgehead atoms. The van der Waals surface area contributed by atoms with Crippen molar-refractivity contribution in [1.29, 1.82) is 0 Å². The summed E-state index contributed by atoms with van der Waals surface area (Å²) in [6.45, 7) is 4.83. The number of nitrogens with zero attached hydrogens (tertiary/aromatic N) is 1. The molecule has 114 valence electrons. The number of carbonyl (C=O) groups is 1. The summed E-state index contributed by atoms with van der Waals surface area (Å²) in [4.78, 5) is 14.8. The van der Waals surface area contributed by atoms with Crippen molar-refractivity contribution < 1.29 is 4.79 Å². The van der Waals surface area contributed by atoms with Crippen LogP contribution in [0.25, 0.3) is 0 Å². The number of nitrogen functional groups attached to an aromatic ring is 1. The van der Waals surface area contributed by atoms with Crippen molar-refractivity contribution in [3.63, 3.8) is 0 Å². The standard InChI is InChI=1S/C19H22N2O/c1-13(2)17-10-15-8-9-16(20)11-18(15)21(19(17)22)12-14-6-4-3-5-7-14/h3-9,11,13,17H,10,12,20H2,1-2H3. The lowest BCUT2D eigenvalue weighted by molar-refractivity contribution is -0.124. The smallest absolute Gasteiger partial charge is 0.231 e. The van der Waals surface area contributed by atoms with Gasteiger partial charge in [0.2, 0.25) is 5.91 Å². The number of hydrogen-bond donors (Lipinski definition) is 1. The monoisotopic (exact) mass is 294 g/mol. The molecule has 0 saturated heterocycles. The van der Waals surface area contributed by atoms with E-state index in [9.17, 15) is 4.79 Å². The minimum absolute atomic E-state index is 0.0415. The molecule has 2 aromatic carbocycles. The lowest BCUT2D eigenvalue weighted by Crippen LogP contribution is -2.42. The van der Waals surface area contributed by atoms with Gasteiger partial charge in [-0.1, -0.05) is 50.2 Å². The Kier molecular flexibility index (Phi) is 3.88. The molecule has 0 radical (unpaired) electrons. The number of fused-ring (bicyclic) bond motifs is 1. The van der Waals surface area contributed by atoms with Crippen molar-refractivity contribution >= 4 is 17.3 Å². The van der Waals surface area contributed by atoms with Gasteiger partial charge in [-0.2, -0.15) is 0 Å². The second-order valence-electron chi connectivity index (χ2n) is 6.35. The van der Waals surface area contributed by atoms with Gasteiger partial charge in [-0.15, -0.1) is 0 Å². The van der Waals surface area contributed by atoms with E-state index in [1.54, 1.807) is 0 Å². The van der Waals surface area contributed by atoms with E-state index < -0.39 is 0 Å². The average Bonchev–Trinajstić information content (AvgIpc) is 2.51. The Hall–Kier alpha value is -2.29. The van der Waals surface area contributed by atoms with Crippen LogP contribution in [0.4, 0.5) is 11.4 Å². The summed E-state index contributed by atoms with van der Waals surface area (Å²) in [5, 5.41) is 0. The molecule has 1 heterocycles. The highest BCUT2D eigenvalue weighted by Gasteiger charge is 2.34. The van der Waals surface area contributed by atoms with Gasteiger partial charge in [0.15, 0.2) is 0 Å². The molecule has 3 heteroatoms. The van der Waals surface area contributed by atoms with Crippen LogP contribution in [0.15, 0.2) is 48.5 Å². The first-order valence-corrected chi connectivity index (χ1v) is 7.80. The molecule has 2 N–H and O–H groups in total. The van der Waals surface area contributed by atoms with Gasteiger partial charge in [-0.3, -0.25) is 4.79 Å². The van der Waals surface area contributed by atoms with Gasteiger partial charge in [0, 0.05) is 17.3 Å². The SMILES string of the molecule is CC(C)C1Cc2ccc(N)cc2N(Cc2ccccc2)C1=O. The van der Waals surface area contributed by atoms with Crippen LogP contribution in [-0.4, -0.2) is 5.91 Å². The van der Waals surface area contributed by atoms with Crippen LogP contribution in [-0.2, 0) is 17.8 Å². The van der Waals surface area contributed by atoms with E-state index in [-0.39, 0.29) is 11.8 Å². The number of amides is 1. The quantitative estimate of drug-likeness (QED) is 0.879. The molecule has 1 atom stereocenters. The zero-order valence-corrected chi connectivity index (χ0v) is 13.1. The van der Waals surface area contributed by atoms with Crippen LogP contribution >= 0.6 is 0 Å². The first-order chi connectivity index (χ1) is 10.6. The number of nitrogens with two attached hydrogens (primary N) is 1. The molecular formula is C19H22N2O. The second kappa shape index (κ2) is 5.84. The molecule has 0 spiro atoms. The molecule has 0 aromatic heterocycles. The molecule has 0 fully saturated rings. The van der Waals surface area contributed by atoms with Gasteiger partial charge in [-0.05, 0) is 35.6 Å². The van der Waals surface area contributed by atoms with Crippen molar-refractivity contribution in [2.24, 2.45) is 11.8 Å². The summed E-state index contributed by atoms with van der Waals surface area (Å²) in [5.41, 5.74) is 9.95. The zero-order valence-electron chi connectivity index (χ0n) is 13.1. The number of anilines is 2. The fourth-order valence-electron chi connectivity index (χ4n) is 3.10. The maximum atomic E-state index is 12.9. The Morgan fingerprint density at radius 1 is 1.18 bits per heavy atom. The van der Waals surface area contributed by atoms with Crippen molar-refractivity contribution in [2.75, 3.05) is 10.6 Å². The molecule has 0 saturated carbocycles. The van der Waals surface area contributed by atoms with Crippen LogP contribution < -0.4 is 10.6 Å². The van der Waals surface area contributed by atoms with E-state index in [1.165, 1.54) is 5.56 Å². The highest BCUT2D eigenvalue weighted by molar-refractivity contribution is 5.98. The predicted molar refractivity (Wildman–Crippen MR) is 90.5 cm³/mol. The lowest BCUT2D eigenvalue weighted by atomic mass is 9.83. The summed E-state index contributed by atoms with van der Waals surface area (Å²) in [7, 11) is 0. The largest absolute Gasteiger partial charge is 0.399 e. The van der Waals surface area contributed by atoms with Gasteiger partial charge < -0.3 is 10.6 Å². The number of benzene rings is 2. The second-order valence-corrected chi connectivity index (χ2v) is 6.35. The minimum Gasteiger partial charge on any atom is -0.399 e. The average molecular weight is 294 g/mol. The van der Waals surface area contributed by atoms with Gasteiger partial charge in [0.25, 0.3) is 0 Å². The molecule has 2 aromatic rings. The van der Waals surface area contributed by atoms with E-state index in [0.717, 1.165) is 17.7 Å². The highest BCUT2D eigenvalue weighted by Crippen LogP contribution is 2.35. The van der Waals surface area contributed by atoms with E-state index in [0.29, 0.717) is 18.2 Å². The Balaban J connectivity index is 2.01. The summed E-state index contributed by atoms with van der Waals surface area (Å²) >= 11 is 0. The number of hydrogen-bond acceptors (Lipinski definition) is 2. The van der Waals surface area contributed by atoms with Crippen molar-refractivity contribution in [2.45, 2.75) is 26.8 Å². The van der Waals surface area contributed by atoms with E-state index >= 15 is 0 Å². The molecule has 1 aliphatic heterocycles. The third-order valence-corrected chi connectivity index (χ3v) is 4.41. The minimum atomic E-state index is 0.0415. The molecule has 3 nitrogen and oxygen atoms in total. The third-order valence-electron chi connectivity index (χ3n) is 4.41. The Bertz CT molecular complexity index is 679. The summed E-state index contributed by atoms with van der Waals surface area (Å²) in [5.74, 6) is 0.577. The van der Waals surface area contributed by atoms with Crippen LogP contribution in [0.2, 0.25) is 0 Å².